The van der Waals surface area contributed by atoms with Crippen LogP contribution in [0.5, 0.6) is 5.75 Å². The smallest absolute Gasteiger partial charge is 0.320 e. The highest BCUT2D eigenvalue weighted by Crippen LogP contribution is 2.49. The molecule has 1 saturated heterocycles. The van der Waals surface area contributed by atoms with Crippen LogP contribution in [0.25, 0.3) is 0 Å². The van der Waals surface area contributed by atoms with Gasteiger partial charge in [0.15, 0.2) is 6.35 Å². The van der Waals surface area contributed by atoms with Crippen LogP contribution in [0.1, 0.15) is 36.8 Å². The Balaban J connectivity index is 1.58. The summed E-state index contributed by atoms with van der Waals surface area (Å²) in [6.07, 6.45) is 2.82. The Kier molecular flexibility index (Phi) is 7.28. The third-order valence-electron chi connectivity index (χ3n) is 7.96. The highest BCUT2D eigenvalue weighted by atomic mass is 16.5. The van der Waals surface area contributed by atoms with E-state index in [9.17, 15) is 9.90 Å². The number of hydrogen-bond donors (Lipinski definition) is 1. The standard InChI is InChI=1S/C27H37N3O4/c1-28(2)27(22-8-6-5-7-9-22)16-14-26(15-17-27)20-29(25(32)30(26)19-24(31)34-4)18-21-10-12-23(33-3)13-11-21/h5-13,25,32H,14-20H2,1-4H3. The molecule has 0 bridgehead atoms. The monoisotopic (exact) mass is 467 g/mol. The molecule has 0 aromatic heterocycles. The van der Waals surface area contributed by atoms with E-state index in [4.69, 9.17) is 9.47 Å². The van der Waals surface area contributed by atoms with Gasteiger partial charge in [-0.1, -0.05) is 42.5 Å². The van der Waals surface area contributed by atoms with Crippen molar-refractivity contribution in [3.8, 4) is 5.75 Å². The van der Waals surface area contributed by atoms with E-state index in [2.05, 4.69) is 54.2 Å². The number of carbonyl (C=O) groups excluding carboxylic acids is 1. The summed E-state index contributed by atoms with van der Waals surface area (Å²) < 4.78 is 10.3. The van der Waals surface area contributed by atoms with E-state index in [1.54, 1.807) is 7.11 Å². The second-order valence-corrected chi connectivity index (χ2v) is 9.82. The average Bonchev–Trinajstić information content (AvgIpc) is 3.10. The number of rotatable bonds is 7. The van der Waals surface area contributed by atoms with E-state index in [0.717, 1.165) is 37.0 Å². The predicted octanol–water partition coefficient (Wildman–Crippen LogP) is 3.03. The molecule has 34 heavy (non-hydrogen) atoms. The Bertz CT molecular complexity index is 956. The summed E-state index contributed by atoms with van der Waals surface area (Å²) in [5.74, 6) is 0.486. The maximum Gasteiger partial charge on any atom is 0.320 e. The van der Waals surface area contributed by atoms with Gasteiger partial charge in [0.2, 0.25) is 0 Å². The maximum absolute atomic E-state index is 12.3. The molecule has 7 heteroatoms. The summed E-state index contributed by atoms with van der Waals surface area (Å²) in [5, 5.41) is 11.3. The molecule has 1 unspecified atom stereocenters. The number of esters is 1. The first kappa shape index (κ1) is 24.7. The van der Waals surface area contributed by atoms with Crippen molar-refractivity contribution in [2.75, 3.05) is 41.4 Å². The van der Waals surface area contributed by atoms with Gasteiger partial charge in [-0.15, -0.1) is 0 Å². The van der Waals surface area contributed by atoms with Crippen molar-refractivity contribution in [3.63, 3.8) is 0 Å². The first-order valence-electron chi connectivity index (χ1n) is 12.0. The van der Waals surface area contributed by atoms with E-state index in [-0.39, 0.29) is 23.6 Å². The van der Waals surface area contributed by atoms with Crippen molar-refractivity contribution < 1.29 is 19.4 Å². The van der Waals surface area contributed by atoms with Crippen LogP contribution < -0.4 is 4.74 Å². The SMILES string of the molecule is COC(=O)CN1C(O)N(Cc2ccc(OC)cc2)CC12CCC(c1ccccc1)(N(C)C)CC2. The quantitative estimate of drug-likeness (QED) is 0.628. The lowest BCUT2D eigenvalue weighted by Crippen LogP contribution is -2.57. The van der Waals surface area contributed by atoms with Gasteiger partial charge in [0, 0.05) is 24.2 Å². The fourth-order valence-electron chi connectivity index (χ4n) is 5.87. The Labute approximate surface area is 202 Å². The Morgan fingerprint density at radius 3 is 2.24 bits per heavy atom. The highest BCUT2D eigenvalue weighted by Gasteiger charge is 2.55. The lowest BCUT2D eigenvalue weighted by atomic mass is 9.68. The molecule has 0 radical (unpaired) electrons. The van der Waals surface area contributed by atoms with Crippen molar-refractivity contribution in [1.29, 1.82) is 0 Å². The minimum absolute atomic E-state index is 0.0577. The van der Waals surface area contributed by atoms with E-state index in [1.165, 1.54) is 12.7 Å². The molecule has 1 heterocycles. The normalized spacial score (nSPS) is 27.9. The average molecular weight is 468 g/mol. The number of aliphatic hydroxyl groups is 1. The van der Waals surface area contributed by atoms with Crippen molar-refractivity contribution >= 4 is 5.97 Å². The van der Waals surface area contributed by atoms with Crippen LogP contribution in [-0.2, 0) is 21.6 Å². The van der Waals surface area contributed by atoms with Gasteiger partial charge >= 0.3 is 5.97 Å². The van der Waals surface area contributed by atoms with Crippen molar-refractivity contribution in [1.82, 2.24) is 14.7 Å². The Morgan fingerprint density at radius 1 is 1.03 bits per heavy atom. The number of benzene rings is 2. The molecule has 4 rings (SSSR count). The van der Waals surface area contributed by atoms with Gasteiger partial charge in [-0.25, -0.2) is 4.90 Å². The van der Waals surface area contributed by atoms with Gasteiger partial charge in [-0.2, -0.15) is 0 Å². The first-order valence-corrected chi connectivity index (χ1v) is 12.0. The van der Waals surface area contributed by atoms with Crippen molar-refractivity contribution in [2.45, 2.75) is 49.7 Å². The van der Waals surface area contributed by atoms with E-state index >= 15 is 0 Å². The molecule has 7 nitrogen and oxygen atoms in total. The van der Waals surface area contributed by atoms with E-state index in [1.807, 2.05) is 29.2 Å². The van der Waals surface area contributed by atoms with Crippen LogP contribution in [0.2, 0.25) is 0 Å². The second-order valence-electron chi connectivity index (χ2n) is 9.82. The van der Waals surface area contributed by atoms with Crippen molar-refractivity contribution in [3.05, 3.63) is 65.7 Å². The molecule has 1 spiro atoms. The second kappa shape index (κ2) is 10.0. The lowest BCUT2D eigenvalue weighted by molar-refractivity contribution is -0.152. The zero-order valence-corrected chi connectivity index (χ0v) is 20.7. The van der Waals surface area contributed by atoms with Gasteiger partial charge in [0.25, 0.3) is 0 Å². The summed E-state index contributed by atoms with van der Waals surface area (Å²) >= 11 is 0. The van der Waals surface area contributed by atoms with Crippen LogP contribution in [-0.4, -0.2) is 79.1 Å². The van der Waals surface area contributed by atoms with Crippen LogP contribution >= 0.6 is 0 Å². The van der Waals surface area contributed by atoms with Crippen LogP contribution in [0.4, 0.5) is 0 Å². The predicted molar refractivity (Wildman–Crippen MR) is 131 cm³/mol. The van der Waals surface area contributed by atoms with Crippen LogP contribution in [0.3, 0.4) is 0 Å². The molecule has 2 fully saturated rings. The molecule has 1 aliphatic heterocycles. The third-order valence-corrected chi connectivity index (χ3v) is 7.96. The number of ether oxygens (including phenoxy) is 2. The molecule has 2 aromatic rings. The Morgan fingerprint density at radius 2 is 1.68 bits per heavy atom. The molecule has 2 aliphatic rings. The van der Waals surface area contributed by atoms with Gasteiger partial charge in [-0.05, 0) is 63.0 Å². The first-order chi connectivity index (χ1) is 16.3. The summed E-state index contributed by atoms with van der Waals surface area (Å²) in [4.78, 5) is 18.7. The molecule has 1 N–H and O–H groups in total. The van der Waals surface area contributed by atoms with Gasteiger partial charge in [-0.3, -0.25) is 14.6 Å². The minimum atomic E-state index is -0.843. The molecule has 2 aromatic carbocycles. The van der Waals surface area contributed by atoms with Gasteiger partial charge in [0.1, 0.15) is 12.3 Å². The van der Waals surface area contributed by atoms with Crippen LogP contribution in [0, 0.1) is 0 Å². The van der Waals surface area contributed by atoms with Crippen LogP contribution in [0.15, 0.2) is 54.6 Å². The number of carbonyl (C=O) groups is 1. The molecule has 1 atom stereocenters. The Hall–Kier alpha value is -2.45. The molecular formula is C27H37N3O4. The number of nitrogens with zero attached hydrogens (tertiary/aromatic N) is 3. The minimum Gasteiger partial charge on any atom is -0.497 e. The topological polar surface area (TPSA) is 65.5 Å². The number of methoxy groups -OCH3 is 2. The molecule has 184 valence electrons. The molecule has 0 amide bonds. The lowest BCUT2D eigenvalue weighted by Gasteiger charge is -2.51. The molecule has 1 saturated carbocycles. The van der Waals surface area contributed by atoms with Crippen molar-refractivity contribution in [2.24, 2.45) is 0 Å². The van der Waals surface area contributed by atoms with Gasteiger partial charge < -0.3 is 14.6 Å². The van der Waals surface area contributed by atoms with Gasteiger partial charge in [0.05, 0.1) is 14.2 Å². The summed E-state index contributed by atoms with van der Waals surface area (Å²) in [6.45, 7) is 1.38. The summed E-state index contributed by atoms with van der Waals surface area (Å²) in [7, 11) is 7.35. The summed E-state index contributed by atoms with van der Waals surface area (Å²) in [5.41, 5.74) is 2.08. The largest absolute Gasteiger partial charge is 0.497 e. The fourth-order valence-corrected chi connectivity index (χ4v) is 5.87. The summed E-state index contributed by atoms with van der Waals surface area (Å²) in [6, 6.07) is 18.6. The maximum atomic E-state index is 12.3. The molecular weight excluding hydrogens is 430 g/mol. The zero-order valence-electron chi connectivity index (χ0n) is 20.7. The fraction of sp³-hybridized carbons (Fsp3) is 0.519. The number of hydrogen-bond acceptors (Lipinski definition) is 7. The highest BCUT2D eigenvalue weighted by molar-refractivity contribution is 5.71. The zero-order chi connectivity index (χ0) is 24.3. The number of aliphatic hydroxyl groups excluding tert-OH is 1. The van der Waals surface area contributed by atoms with E-state index < -0.39 is 6.35 Å². The molecule has 1 aliphatic carbocycles. The third kappa shape index (κ3) is 4.58. The van der Waals surface area contributed by atoms with E-state index in [0.29, 0.717) is 13.1 Å².